The van der Waals surface area contributed by atoms with Gasteiger partial charge in [-0.15, -0.1) is 11.3 Å². The van der Waals surface area contributed by atoms with Gasteiger partial charge in [0.1, 0.15) is 0 Å². The van der Waals surface area contributed by atoms with E-state index in [9.17, 15) is 9.59 Å². The predicted molar refractivity (Wildman–Crippen MR) is 99.5 cm³/mol. The van der Waals surface area contributed by atoms with Crippen LogP contribution in [0.25, 0.3) is 0 Å². The number of nitrogens with one attached hydrogen (secondary N) is 2. The van der Waals surface area contributed by atoms with Crippen LogP contribution < -0.4 is 10.6 Å². The van der Waals surface area contributed by atoms with Crippen LogP contribution in [0.4, 0.5) is 5.00 Å². The Hall–Kier alpha value is -2.65. The molecule has 1 aromatic heterocycles. The largest absolute Gasteiger partial charge is 0.347 e. The van der Waals surface area contributed by atoms with Gasteiger partial charge in [-0.05, 0) is 36.2 Å². The van der Waals surface area contributed by atoms with Crippen LogP contribution in [0.2, 0.25) is 0 Å². The molecule has 2 N–H and O–H groups in total. The summed E-state index contributed by atoms with van der Waals surface area (Å²) in [6, 6.07) is 11.0. The highest BCUT2D eigenvalue weighted by Gasteiger charge is 2.23. The maximum absolute atomic E-state index is 12.4. The summed E-state index contributed by atoms with van der Waals surface area (Å²) in [6.45, 7) is 7.70. The lowest BCUT2D eigenvalue weighted by atomic mass is 9.96. The van der Waals surface area contributed by atoms with Gasteiger partial charge in [0.15, 0.2) is 0 Å². The minimum absolute atomic E-state index is 0.0889. The smallest absolute Gasteiger partial charge is 0.261 e. The predicted octanol–water partition coefficient (Wildman–Crippen LogP) is 3.84. The number of hydrogen-bond acceptors (Lipinski definition) is 4. The van der Waals surface area contributed by atoms with Crippen LogP contribution >= 0.6 is 11.3 Å². The molecule has 0 fully saturated rings. The highest BCUT2D eigenvalue weighted by Crippen LogP contribution is 2.28. The topological polar surface area (TPSA) is 82.0 Å². The third kappa shape index (κ3) is 4.91. The first kappa shape index (κ1) is 18.7. The zero-order valence-corrected chi connectivity index (χ0v) is 15.6. The number of thiophene rings is 1. The van der Waals surface area contributed by atoms with Gasteiger partial charge in [-0.1, -0.05) is 32.9 Å². The number of amides is 2. The average Bonchev–Trinajstić information content (AvgIpc) is 2.92. The van der Waals surface area contributed by atoms with E-state index < -0.39 is 5.41 Å². The fourth-order valence-electron chi connectivity index (χ4n) is 2.08. The third-order valence-electron chi connectivity index (χ3n) is 3.55. The fourth-order valence-corrected chi connectivity index (χ4v) is 3.07. The van der Waals surface area contributed by atoms with E-state index in [1.807, 2.05) is 33.8 Å². The van der Waals surface area contributed by atoms with Crippen molar-refractivity contribution in [2.75, 3.05) is 5.32 Å². The Morgan fingerprint density at radius 1 is 1.24 bits per heavy atom. The molecule has 0 spiro atoms. The summed E-state index contributed by atoms with van der Waals surface area (Å²) in [4.78, 5) is 25.0. The molecule has 0 radical (unpaired) electrons. The number of carbonyl (C=O) groups excluding carboxylic acids is 2. The molecule has 1 heterocycles. The number of nitrogens with zero attached hydrogens (tertiary/aromatic N) is 1. The Morgan fingerprint density at radius 3 is 2.60 bits per heavy atom. The summed E-state index contributed by atoms with van der Waals surface area (Å²) in [5.41, 5.74) is 1.75. The van der Waals surface area contributed by atoms with Crippen molar-refractivity contribution in [3.63, 3.8) is 0 Å². The Kier molecular flexibility index (Phi) is 5.60. The summed E-state index contributed by atoms with van der Waals surface area (Å²) >= 11 is 1.26. The van der Waals surface area contributed by atoms with Gasteiger partial charge in [0, 0.05) is 12.0 Å². The van der Waals surface area contributed by atoms with Crippen molar-refractivity contribution in [3.05, 3.63) is 51.9 Å². The fraction of sp³-hybridized carbons (Fsp3) is 0.316. The quantitative estimate of drug-likeness (QED) is 0.874. The molecule has 130 valence electrons. The average molecular weight is 355 g/mol. The van der Waals surface area contributed by atoms with E-state index in [1.165, 1.54) is 11.3 Å². The number of nitriles is 1. The van der Waals surface area contributed by atoms with Crippen molar-refractivity contribution >= 4 is 28.2 Å². The van der Waals surface area contributed by atoms with Crippen LogP contribution in [-0.2, 0) is 11.3 Å². The SMILES string of the molecule is Cc1cc(NC(=O)C(C)(C)C)sc1C(=O)NCc1cccc(C#N)c1. The van der Waals surface area contributed by atoms with Gasteiger partial charge in [-0.2, -0.15) is 5.26 Å². The number of hydrogen-bond donors (Lipinski definition) is 2. The zero-order chi connectivity index (χ0) is 18.6. The Morgan fingerprint density at radius 2 is 1.96 bits per heavy atom. The molecule has 0 aliphatic rings. The molecule has 2 rings (SSSR count). The molecular formula is C19H21N3O2S. The van der Waals surface area contributed by atoms with Crippen molar-refractivity contribution in [3.8, 4) is 6.07 Å². The van der Waals surface area contributed by atoms with Crippen LogP contribution in [0.3, 0.4) is 0 Å². The number of carbonyl (C=O) groups is 2. The van der Waals surface area contributed by atoms with Crippen LogP contribution in [0.15, 0.2) is 30.3 Å². The standard InChI is InChI=1S/C19H21N3O2S/c1-12-8-15(22-18(24)19(2,3)4)25-16(12)17(23)21-11-14-7-5-6-13(9-14)10-20/h5-9H,11H2,1-4H3,(H,21,23)(H,22,24). The van der Waals surface area contributed by atoms with Crippen molar-refractivity contribution in [1.29, 1.82) is 5.26 Å². The molecule has 0 aliphatic heterocycles. The maximum Gasteiger partial charge on any atom is 0.261 e. The van der Waals surface area contributed by atoms with Crippen LogP contribution in [0.5, 0.6) is 0 Å². The van der Waals surface area contributed by atoms with Gasteiger partial charge in [0.05, 0.1) is 21.5 Å². The molecule has 0 bridgehead atoms. The van der Waals surface area contributed by atoms with E-state index in [0.29, 0.717) is 22.0 Å². The van der Waals surface area contributed by atoms with Crippen LogP contribution in [0.1, 0.15) is 47.1 Å². The van der Waals surface area contributed by atoms with E-state index in [4.69, 9.17) is 5.26 Å². The van der Waals surface area contributed by atoms with E-state index in [2.05, 4.69) is 16.7 Å². The summed E-state index contributed by atoms with van der Waals surface area (Å²) in [7, 11) is 0. The lowest BCUT2D eigenvalue weighted by Crippen LogP contribution is -2.27. The van der Waals surface area contributed by atoms with Gasteiger partial charge in [0.25, 0.3) is 5.91 Å². The number of anilines is 1. The lowest BCUT2D eigenvalue weighted by Gasteiger charge is -2.16. The summed E-state index contributed by atoms with van der Waals surface area (Å²) in [5, 5.41) is 15.3. The molecule has 0 aliphatic carbocycles. The Balaban J connectivity index is 2.04. The lowest BCUT2D eigenvalue weighted by molar-refractivity contribution is -0.123. The number of rotatable bonds is 4. The normalized spacial score (nSPS) is 10.8. The van der Waals surface area contributed by atoms with Crippen molar-refractivity contribution in [2.45, 2.75) is 34.2 Å². The second-order valence-corrected chi connectivity index (χ2v) is 7.87. The molecule has 6 heteroatoms. The van der Waals surface area contributed by atoms with Gasteiger partial charge in [0.2, 0.25) is 5.91 Å². The summed E-state index contributed by atoms with van der Waals surface area (Å²) < 4.78 is 0. The van der Waals surface area contributed by atoms with Gasteiger partial charge < -0.3 is 10.6 Å². The van der Waals surface area contributed by atoms with Crippen LogP contribution in [-0.4, -0.2) is 11.8 Å². The Bertz CT molecular complexity index is 841. The molecule has 2 aromatic rings. The molecule has 0 atom stereocenters. The third-order valence-corrected chi connectivity index (χ3v) is 4.70. The molecule has 25 heavy (non-hydrogen) atoms. The minimum atomic E-state index is -0.494. The van der Waals surface area contributed by atoms with Crippen molar-refractivity contribution in [1.82, 2.24) is 5.32 Å². The molecule has 0 unspecified atom stereocenters. The first-order valence-corrected chi connectivity index (χ1v) is 8.71. The van der Waals surface area contributed by atoms with Gasteiger partial charge in [-0.25, -0.2) is 0 Å². The Labute approximate surface area is 151 Å². The number of aryl methyl sites for hydroxylation is 1. The highest BCUT2D eigenvalue weighted by molar-refractivity contribution is 7.18. The van der Waals surface area contributed by atoms with Gasteiger partial charge >= 0.3 is 0 Å². The molecule has 5 nitrogen and oxygen atoms in total. The van der Waals surface area contributed by atoms with E-state index in [-0.39, 0.29) is 11.8 Å². The summed E-state index contributed by atoms with van der Waals surface area (Å²) in [6.07, 6.45) is 0. The molecule has 1 aromatic carbocycles. The first-order valence-electron chi connectivity index (χ1n) is 7.90. The van der Waals surface area contributed by atoms with E-state index >= 15 is 0 Å². The first-order chi connectivity index (χ1) is 11.7. The maximum atomic E-state index is 12.4. The van der Waals surface area contributed by atoms with Gasteiger partial charge in [-0.3, -0.25) is 9.59 Å². The minimum Gasteiger partial charge on any atom is -0.347 e. The van der Waals surface area contributed by atoms with E-state index in [0.717, 1.165) is 11.1 Å². The van der Waals surface area contributed by atoms with E-state index in [1.54, 1.807) is 24.3 Å². The molecule has 0 saturated carbocycles. The summed E-state index contributed by atoms with van der Waals surface area (Å²) in [5.74, 6) is -0.282. The zero-order valence-electron chi connectivity index (χ0n) is 14.8. The number of benzene rings is 1. The van der Waals surface area contributed by atoms with Crippen LogP contribution in [0, 0.1) is 23.7 Å². The molecular weight excluding hydrogens is 334 g/mol. The highest BCUT2D eigenvalue weighted by atomic mass is 32.1. The monoisotopic (exact) mass is 355 g/mol. The molecule has 0 saturated heterocycles. The molecule has 2 amide bonds. The second kappa shape index (κ2) is 7.49. The van der Waals surface area contributed by atoms with Crippen molar-refractivity contribution < 1.29 is 9.59 Å². The van der Waals surface area contributed by atoms with Crippen molar-refractivity contribution in [2.24, 2.45) is 5.41 Å². The second-order valence-electron chi connectivity index (χ2n) is 6.82.